The van der Waals surface area contributed by atoms with E-state index >= 15 is 0 Å². The molecular formula is C12H10ClOP. The van der Waals surface area contributed by atoms with Gasteiger partial charge in [0, 0.05) is 10.6 Å². The van der Waals surface area contributed by atoms with Crippen molar-refractivity contribution in [1.29, 1.82) is 0 Å². The van der Waals surface area contributed by atoms with E-state index in [-0.39, 0.29) is 0 Å². The van der Waals surface area contributed by atoms with Crippen LogP contribution < -0.4 is 4.52 Å². The van der Waals surface area contributed by atoms with E-state index < -0.39 is 0 Å². The van der Waals surface area contributed by atoms with Crippen LogP contribution in [0.25, 0.3) is 11.1 Å². The van der Waals surface area contributed by atoms with E-state index in [2.05, 4.69) is 9.47 Å². The molecule has 1 atom stereocenters. The zero-order chi connectivity index (χ0) is 10.7. The molecular weight excluding hydrogens is 227 g/mol. The van der Waals surface area contributed by atoms with Gasteiger partial charge in [-0.05, 0) is 23.8 Å². The highest BCUT2D eigenvalue weighted by atomic mass is 35.5. The van der Waals surface area contributed by atoms with Crippen LogP contribution in [0, 0.1) is 0 Å². The normalized spacial score (nSPS) is 10.0. The summed E-state index contributed by atoms with van der Waals surface area (Å²) in [5, 5.41) is 0.739. The summed E-state index contributed by atoms with van der Waals surface area (Å²) in [5.74, 6) is 0.838. The Bertz CT molecular complexity index is 453. The van der Waals surface area contributed by atoms with Gasteiger partial charge in [-0.3, -0.25) is 0 Å². The molecule has 0 N–H and O–H groups in total. The van der Waals surface area contributed by atoms with Crippen molar-refractivity contribution in [3.63, 3.8) is 0 Å². The molecule has 0 fully saturated rings. The summed E-state index contributed by atoms with van der Waals surface area (Å²) in [7, 11) is 2.26. The quantitative estimate of drug-likeness (QED) is 0.711. The second-order valence-corrected chi connectivity index (χ2v) is 3.79. The van der Waals surface area contributed by atoms with Gasteiger partial charge in [0.05, 0.1) is 9.47 Å². The zero-order valence-corrected chi connectivity index (χ0v) is 9.89. The van der Waals surface area contributed by atoms with Gasteiger partial charge >= 0.3 is 0 Å². The molecule has 0 spiro atoms. The highest BCUT2D eigenvalue weighted by molar-refractivity contribution is 7.10. The summed E-state index contributed by atoms with van der Waals surface area (Å²) in [4.78, 5) is 0. The van der Waals surface area contributed by atoms with Gasteiger partial charge in [-0.15, -0.1) is 0 Å². The van der Waals surface area contributed by atoms with Crippen LogP contribution in [0.15, 0.2) is 48.5 Å². The van der Waals surface area contributed by atoms with Crippen LogP contribution in [0.1, 0.15) is 0 Å². The van der Waals surface area contributed by atoms with Crippen molar-refractivity contribution < 1.29 is 4.52 Å². The largest absolute Gasteiger partial charge is 0.480 e. The fourth-order valence-corrected chi connectivity index (χ4v) is 1.77. The van der Waals surface area contributed by atoms with Crippen LogP contribution in [-0.2, 0) is 0 Å². The first-order valence-electron chi connectivity index (χ1n) is 4.53. The van der Waals surface area contributed by atoms with Crippen molar-refractivity contribution >= 4 is 21.1 Å². The summed E-state index contributed by atoms with van der Waals surface area (Å²) in [6, 6.07) is 15.6. The molecule has 0 aliphatic rings. The number of halogens is 1. The Balaban J connectivity index is 2.49. The lowest BCUT2D eigenvalue weighted by atomic mass is 10.1. The van der Waals surface area contributed by atoms with E-state index in [0.29, 0.717) is 0 Å². The Morgan fingerprint density at radius 2 is 1.60 bits per heavy atom. The van der Waals surface area contributed by atoms with Crippen molar-refractivity contribution in [1.82, 2.24) is 0 Å². The standard InChI is InChI=1S/C12H10ClOP/c13-10-7-5-9(6-8-10)11-3-1-2-4-12(11)14-15/h1-8H,15H2. The Morgan fingerprint density at radius 3 is 2.27 bits per heavy atom. The first-order valence-corrected chi connectivity index (χ1v) is 5.38. The molecule has 0 aromatic heterocycles. The third-order valence-electron chi connectivity index (χ3n) is 2.17. The molecule has 0 heterocycles. The smallest absolute Gasteiger partial charge is 0.130 e. The molecule has 76 valence electrons. The van der Waals surface area contributed by atoms with E-state index in [0.717, 1.165) is 21.9 Å². The van der Waals surface area contributed by atoms with E-state index in [1.807, 2.05) is 48.5 Å². The number of para-hydroxylation sites is 1. The molecule has 0 aliphatic heterocycles. The highest BCUT2D eigenvalue weighted by Gasteiger charge is 2.03. The first kappa shape index (κ1) is 10.5. The summed E-state index contributed by atoms with van der Waals surface area (Å²) in [5.41, 5.74) is 2.15. The molecule has 1 nitrogen and oxygen atoms in total. The van der Waals surface area contributed by atoms with Gasteiger partial charge in [0.2, 0.25) is 0 Å². The molecule has 0 radical (unpaired) electrons. The van der Waals surface area contributed by atoms with Gasteiger partial charge in [-0.25, -0.2) is 0 Å². The molecule has 2 rings (SSSR count). The van der Waals surface area contributed by atoms with Gasteiger partial charge in [-0.2, -0.15) is 0 Å². The number of hydrogen-bond acceptors (Lipinski definition) is 1. The molecule has 0 saturated carbocycles. The summed E-state index contributed by atoms with van der Waals surface area (Å²) >= 11 is 5.84. The van der Waals surface area contributed by atoms with Crippen LogP contribution in [0.4, 0.5) is 0 Å². The first-order chi connectivity index (χ1) is 7.31. The van der Waals surface area contributed by atoms with E-state index in [4.69, 9.17) is 16.1 Å². The van der Waals surface area contributed by atoms with Crippen LogP contribution in [0.5, 0.6) is 5.75 Å². The minimum Gasteiger partial charge on any atom is -0.480 e. The van der Waals surface area contributed by atoms with Gasteiger partial charge in [-0.1, -0.05) is 41.9 Å². The van der Waals surface area contributed by atoms with Gasteiger partial charge in [0.25, 0.3) is 0 Å². The van der Waals surface area contributed by atoms with Crippen molar-refractivity contribution in [2.45, 2.75) is 0 Å². The van der Waals surface area contributed by atoms with Crippen LogP contribution in [0.2, 0.25) is 5.02 Å². The molecule has 0 bridgehead atoms. The third kappa shape index (κ3) is 2.31. The van der Waals surface area contributed by atoms with Crippen molar-refractivity contribution in [3.8, 4) is 16.9 Å². The number of benzene rings is 2. The summed E-state index contributed by atoms with van der Waals surface area (Å²) in [6.07, 6.45) is 0. The molecule has 0 saturated heterocycles. The molecule has 1 unspecified atom stereocenters. The lowest BCUT2D eigenvalue weighted by Crippen LogP contribution is -1.82. The monoisotopic (exact) mass is 236 g/mol. The second-order valence-electron chi connectivity index (χ2n) is 3.12. The predicted molar refractivity (Wildman–Crippen MR) is 67.2 cm³/mol. The van der Waals surface area contributed by atoms with Crippen molar-refractivity contribution in [3.05, 3.63) is 53.6 Å². The lowest BCUT2D eigenvalue weighted by molar-refractivity contribution is 0.648. The molecule has 0 amide bonds. The van der Waals surface area contributed by atoms with Gasteiger partial charge in [0.1, 0.15) is 5.75 Å². The van der Waals surface area contributed by atoms with Gasteiger partial charge < -0.3 is 4.52 Å². The average Bonchev–Trinajstić information content (AvgIpc) is 2.30. The van der Waals surface area contributed by atoms with Crippen LogP contribution in [0.3, 0.4) is 0 Å². The maximum atomic E-state index is 5.84. The highest BCUT2D eigenvalue weighted by Crippen LogP contribution is 2.31. The zero-order valence-electron chi connectivity index (χ0n) is 7.98. The molecule has 3 heteroatoms. The molecule has 2 aromatic carbocycles. The summed E-state index contributed by atoms with van der Waals surface area (Å²) < 4.78 is 5.21. The van der Waals surface area contributed by atoms with Crippen LogP contribution >= 0.6 is 21.1 Å². The molecule has 2 aromatic rings. The van der Waals surface area contributed by atoms with Crippen molar-refractivity contribution in [2.75, 3.05) is 0 Å². The summed E-state index contributed by atoms with van der Waals surface area (Å²) in [6.45, 7) is 0. The topological polar surface area (TPSA) is 9.23 Å². The number of rotatable bonds is 2. The fraction of sp³-hybridized carbons (Fsp3) is 0. The van der Waals surface area contributed by atoms with E-state index in [9.17, 15) is 0 Å². The van der Waals surface area contributed by atoms with Crippen molar-refractivity contribution in [2.24, 2.45) is 0 Å². The maximum absolute atomic E-state index is 5.84. The van der Waals surface area contributed by atoms with E-state index in [1.54, 1.807) is 0 Å². The Labute approximate surface area is 96.3 Å². The Kier molecular flexibility index (Phi) is 3.25. The third-order valence-corrected chi connectivity index (χ3v) is 2.68. The second kappa shape index (κ2) is 4.65. The van der Waals surface area contributed by atoms with Crippen LogP contribution in [-0.4, -0.2) is 0 Å². The minimum atomic E-state index is 0.739. The predicted octanol–water partition coefficient (Wildman–Crippen LogP) is 4.18. The number of hydrogen-bond donors (Lipinski definition) is 0. The minimum absolute atomic E-state index is 0.739. The fourth-order valence-electron chi connectivity index (χ4n) is 1.44. The Hall–Kier alpha value is -1.04. The molecule has 15 heavy (non-hydrogen) atoms. The molecule has 0 aliphatic carbocycles. The Morgan fingerprint density at radius 1 is 0.933 bits per heavy atom. The SMILES string of the molecule is POc1ccccc1-c1ccc(Cl)cc1. The van der Waals surface area contributed by atoms with Gasteiger partial charge in [0.15, 0.2) is 0 Å². The lowest BCUT2D eigenvalue weighted by Gasteiger charge is -2.07. The van der Waals surface area contributed by atoms with E-state index in [1.165, 1.54) is 0 Å². The maximum Gasteiger partial charge on any atom is 0.130 e. The average molecular weight is 237 g/mol.